The summed E-state index contributed by atoms with van der Waals surface area (Å²) in [5.74, 6) is -2.90. The van der Waals surface area contributed by atoms with Gasteiger partial charge in [-0.25, -0.2) is 9.78 Å². The van der Waals surface area contributed by atoms with E-state index in [1.165, 1.54) is 31.3 Å². The molecule has 0 spiro atoms. The summed E-state index contributed by atoms with van der Waals surface area (Å²) in [5.41, 5.74) is -3.40. The van der Waals surface area contributed by atoms with Gasteiger partial charge in [-0.2, -0.15) is 13.2 Å². The Morgan fingerprint density at radius 2 is 2.00 bits per heavy atom. The van der Waals surface area contributed by atoms with Crippen LogP contribution in [0.15, 0.2) is 24.4 Å². The van der Waals surface area contributed by atoms with Crippen molar-refractivity contribution >= 4 is 17.7 Å². The quantitative estimate of drug-likeness (QED) is 0.636. The van der Waals surface area contributed by atoms with E-state index in [-0.39, 0.29) is 12.2 Å². The highest BCUT2D eigenvalue weighted by molar-refractivity contribution is 5.91. The van der Waals surface area contributed by atoms with Crippen LogP contribution in [0, 0.1) is 0 Å². The highest BCUT2D eigenvalue weighted by Crippen LogP contribution is 2.32. The van der Waals surface area contributed by atoms with Crippen molar-refractivity contribution in [2.75, 3.05) is 12.4 Å². The van der Waals surface area contributed by atoms with Gasteiger partial charge in [-0.05, 0) is 12.1 Å². The molecule has 9 heteroatoms. The van der Waals surface area contributed by atoms with E-state index < -0.39 is 23.7 Å². The van der Waals surface area contributed by atoms with Gasteiger partial charge in [0, 0.05) is 12.6 Å². The SMILES string of the molecule is CCC(=O)N[C@@](Nc1ccccn1)(C(=O)OC)C(F)(F)F. The maximum atomic E-state index is 13.4. The van der Waals surface area contributed by atoms with E-state index in [1.807, 2.05) is 5.32 Å². The fraction of sp³-hybridized carbons (Fsp3) is 0.417. The van der Waals surface area contributed by atoms with Crippen molar-refractivity contribution in [3.05, 3.63) is 24.4 Å². The summed E-state index contributed by atoms with van der Waals surface area (Å²) >= 11 is 0. The summed E-state index contributed by atoms with van der Waals surface area (Å²) in [7, 11) is 0.793. The first-order chi connectivity index (χ1) is 9.76. The number of carbonyl (C=O) groups is 2. The lowest BCUT2D eigenvalue weighted by molar-refractivity contribution is -0.206. The smallest absolute Gasteiger partial charge is 0.441 e. The largest absolute Gasteiger partial charge is 0.466 e. The van der Waals surface area contributed by atoms with Crippen molar-refractivity contribution in [2.24, 2.45) is 0 Å². The number of hydrogen-bond donors (Lipinski definition) is 2. The molecule has 0 fully saturated rings. The minimum atomic E-state index is -5.14. The van der Waals surface area contributed by atoms with Gasteiger partial charge in [0.05, 0.1) is 7.11 Å². The van der Waals surface area contributed by atoms with Crippen molar-refractivity contribution in [3.63, 3.8) is 0 Å². The molecule has 0 bridgehead atoms. The first kappa shape index (κ1) is 16.7. The second kappa shape index (κ2) is 6.42. The van der Waals surface area contributed by atoms with Crippen LogP contribution >= 0.6 is 0 Å². The molecular formula is C12H14F3N3O3. The fourth-order valence-electron chi connectivity index (χ4n) is 1.47. The van der Waals surface area contributed by atoms with E-state index >= 15 is 0 Å². The number of anilines is 1. The van der Waals surface area contributed by atoms with Gasteiger partial charge in [0.2, 0.25) is 5.91 Å². The molecule has 0 aromatic carbocycles. The van der Waals surface area contributed by atoms with Gasteiger partial charge in [-0.3, -0.25) is 4.79 Å². The van der Waals surface area contributed by atoms with Crippen molar-refractivity contribution < 1.29 is 27.5 Å². The Hall–Kier alpha value is -2.32. The summed E-state index contributed by atoms with van der Waals surface area (Å²) in [4.78, 5) is 26.8. The zero-order valence-electron chi connectivity index (χ0n) is 11.3. The van der Waals surface area contributed by atoms with Crippen molar-refractivity contribution in [1.29, 1.82) is 0 Å². The van der Waals surface area contributed by atoms with Crippen molar-refractivity contribution in [2.45, 2.75) is 25.2 Å². The molecule has 0 saturated carbocycles. The average Bonchev–Trinajstić information content (AvgIpc) is 2.45. The zero-order chi connectivity index (χ0) is 16.1. The van der Waals surface area contributed by atoms with Crippen LogP contribution in [0.5, 0.6) is 0 Å². The first-order valence-corrected chi connectivity index (χ1v) is 5.92. The number of aromatic nitrogens is 1. The monoisotopic (exact) mass is 305 g/mol. The third-order valence-electron chi connectivity index (χ3n) is 2.55. The Bertz CT molecular complexity index is 507. The van der Waals surface area contributed by atoms with E-state index in [4.69, 9.17) is 0 Å². The predicted octanol–water partition coefficient (Wildman–Crippen LogP) is 1.45. The predicted molar refractivity (Wildman–Crippen MR) is 67.1 cm³/mol. The summed E-state index contributed by atoms with van der Waals surface area (Å²) in [6, 6.07) is 4.14. The third-order valence-corrected chi connectivity index (χ3v) is 2.55. The molecule has 1 atom stereocenters. The Morgan fingerprint density at radius 3 is 2.43 bits per heavy atom. The Balaban J connectivity index is 3.29. The van der Waals surface area contributed by atoms with Crippen LogP contribution in [0.25, 0.3) is 0 Å². The first-order valence-electron chi connectivity index (χ1n) is 5.92. The number of hydrogen-bond acceptors (Lipinski definition) is 5. The summed E-state index contributed by atoms with van der Waals surface area (Å²) < 4.78 is 44.4. The third kappa shape index (κ3) is 3.61. The van der Waals surface area contributed by atoms with Gasteiger partial charge < -0.3 is 15.4 Å². The summed E-state index contributed by atoms with van der Waals surface area (Å²) in [6.45, 7) is 1.36. The van der Waals surface area contributed by atoms with Crippen molar-refractivity contribution in [3.8, 4) is 0 Å². The van der Waals surface area contributed by atoms with Crippen molar-refractivity contribution in [1.82, 2.24) is 10.3 Å². The second-order valence-corrected chi connectivity index (χ2v) is 3.98. The molecule has 1 aromatic heterocycles. The number of alkyl halides is 3. The molecule has 1 heterocycles. The standard InChI is InChI=1S/C12H14F3N3O3/c1-3-9(19)18-11(10(20)21-2,12(13,14)15)17-8-6-4-5-7-16-8/h4-7H,3H2,1-2H3,(H,16,17)(H,18,19)/t11-/m0/s1. The van der Waals surface area contributed by atoms with Crippen LogP contribution in [0.1, 0.15) is 13.3 Å². The molecule has 2 N–H and O–H groups in total. The van der Waals surface area contributed by atoms with Crippen LogP contribution in [-0.4, -0.2) is 35.8 Å². The number of ether oxygens (including phenoxy) is 1. The van der Waals surface area contributed by atoms with E-state index in [9.17, 15) is 22.8 Å². The van der Waals surface area contributed by atoms with Gasteiger partial charge in [-0.1, -0.05) is 13.0 Å². The van der Waals surface area contributed by atoms with Crippen LogP contribution in [0.2, 0.25) is 0 Å². The molecule has 0 aliphatic rings. The minimum Gasteiger partial charge on any atom is -0.466 e. The normalized spacial score (nSPS) is 14.0. The van der Waals surface area contributed by atoms with Crippen LogP contribution < -0.4 is 10.6 Å². The molecule has 1 amide bonds. The number of nitrogens with zero attached hydrogens (tertiary/aromatic N) is 1. The number of pyridine rings is 1. The minimum absolute atomic E-state index is 0.237. The molecule has 0 aliphatic carbocycles. The van der Waals surface area contributed by atoms with Gasteiger partial charge in [0.25, 0.3) is 0 Å². The fourth-order valence-corrected chi connectivity index (χ4v) is 1.47. The van der Waals surface area contributed by atoms with Gasteiger partial charge in [-0.15, -0.1) is 0 Å². The second-order valence-electron chi connectivity index (χ2n) is 3.98. The lowest BCUT2D eigenvalue weighted by Gasteiger charge is -2.34. The number of esters is 1. The lowest BCUT2D eigenvalue weighted by atomic mass is 10.1. The number of halogens is 3. The lowest BCUT2D eigenvalue weighted by Crippen LogP contribution is -2.69. The molecule has 6 nitrogen and oxygen atoms in total. The van der Waals surface area contributed by atoms with Crippen LogP contribution in [0.3, 0.4) is 0 Å². The number of amides is 1. The molecule has 0 aliphatic heterocycles. The van der Waals surface area contributed by atoms with Crippen LogP contribution in [-0.2, 0) is 14.3 Å². The zero-order valence-corrected chi connectivity index (χ0v) is 11.3. The molecule has 0 radical (unpaired) electrons. The molecule has 21 heavy (non-hydrogen) atoms. The molecular weight excluding hydrogens is 291 g/mol. The van der Waals surface area contributed by atoms with E-state index in [2.05, 4.69) is 9.72 Å². The summed E-state index contributed by atoms with van der Waals surface area (Å²) in [6.07, 6.45) is -4.14. The Kier molecular flexibility index (Phi) is 5.12. The average molecular weight is 305 g/mol. The van der Waals surface area contributed by atoms with Gasteiger partial charge in [0.15, 0.2) is 0 Å². The molecule has 116 valence electrons. The molecule has 0 saturated heterocycles. The molecule has 1 rings (SSSR count). The Morgan fingerprint density at radius 1 is 1.33 bits per heavy atom. The number of carbonyl (C=O) groups excluding carboxylic acids is 2. The topological polar surface area (TPSA) is 80.3 Å². The highest BCUT2D eigenvalue weighted by Gasteiger charge is 2.63. The van der Waals surface area contributed by atoms with Crippen LogP contribution in [0.4, 0.5) is 19.0 Å². The molecule has 1 aromatic rings. The number of methoxy groups -OCH3 is 1. The van der Waals surface area contributed by atoms with Gasteiger partial charge in [0.1, 0.15) is 5.82 Å². The van der Waals surface area contributed by atoms with E-state index in [1.54, 1.807) is 5.32 Å². The summed E-state index contributed by atoms with van der Waals surface area (Å²) in [5, 5.41) is 3.54. The Labute approximate surface area is 118 Å². The molecule has 0 unspecified atom stereocenters. The van der Waals surface area contributed by atoms with Gasteiger partial charge >= 0.3 is 17.8 Å². The maximum Gasteiger partial charge on any atom is 0.441 e. The van der Waals surface area contributed by atoms with E-state index in [0.717, 1.165) is 7.11 Å². The maximum absolute atomic E-state index is 13.4. The van der Waals surface area contributed by atoms with E-state index in [0.29, 0.717) is 0 Å². The number of nitrogens with one attached hydrogen (secondary N) is 2. The highest BCUT2D eigenvalue weighted by atomic mass is 19.4. The number of rotatable bonds is 5.